The third-order valence-electron chi connectivity index (χ3n) is 8.64. The number of carbonyl (C=O) groups is 1. The van der Waals surface area contributed by atoms with Crippen LogP contribution >= 0.6 is 0 Å². The van der Waals surface area contributed by atoms with Crippen LogP contribution in [0.4, 0.5) is 4.39 Å². The van der Waals surface area contributed by atoms with E-state index in [2.05, 4.69) is 15.8 Å². The van der Waals surface area contributed by atoms with Gasteiger partial charge in [0.05, 0.1) is 0 Å². The Morgan fingerprint density at radius 2 is 1.68 bits per heavy atom. The lowest BCUT2D eigenvalue weighted by Crippen LogP contribution is -2.57. The summed E-state index contributed by atoms with van der Waals surface area (Å²) in [4.78, 5) is 12.7. The Labute approximate surface area is 223 Å². The second kappa shape index (κ2) is 10.3. The van der Waals surface area contributed by atoms with E-state index in [9.17, 15) is 17.6 Å². The number of amides is 1. The van der Waals surface area contributed by atoms with E-state index in [4.69, 9.17) is 4.52 Å². The van der Waals surface area contributed by atoms with Crippen LogP contribution < -0.4 is 10.6 Å². The number of nitrogens with one attached hydrogen (secondary N) is 2. The van der Waals surface area contributed by atoms with Crippen LogP contribution in [-0.4, -0.2) is 65.3 Å². The lowest BCUT2D eigenvalue weighted by atomic mass is 9.99. The summed E-state index contributed by atoms with van der Waals surface area (Å²) in [6.07, 6.45) is 6.48. The van der Waals surface area contributed by atoms with Crippen LogP contribution in [0.3, 0.4) is 0 Å². The normalized spacial score (nSPS) is 27.9. The van der Waals surface area contributed by atoms with Crippen molar-refractivity contribution in [2.75, 3.05) is 13.1 Å². The highest BCUT2D eigenvalue weighted by atomic mass is 32.2. The molecule has 3 aliphatic heterocycles. The topological polar surface area (TPSA) is 108 Å². The molecule has 1 aromatic carbocycles. The Morgan fingerprint density at radius 3 is 2.32 bits per heavy atom. The van der Waals surface area contributed by atoms with Gasteiger partial charge >= 0.3 is 0 Å². The molecule has 2 bridgehead atoms. The number of halogens is 1. The van der Waals surface area contributed by atoms with Gasteiger partial charge in [0, 0.05) is 55.3 Å². The number of fused-ring (bicyclic) bond motifs is 2. The second-order valence-electron chi connectivity index (χ2n) is 11.4. The smallest absolute Gasteiger partial charge is 0.282 e. The number of hydrogen-bond acceptors (Lipinski definition) is 6. The summed E-state index contributed by atoms with van der Waals surface area (Å²) in [6.45, 7) is 3.00. The molecule has 1 aromatic heterocycles. The first-order chi connectivity index (χ1) is 18.3. The molecule has 4 atom stereocenters. The van der Waals surface area contributed by atoms with Gasteiger partial charge in [-0.15, -0.1) is 0 Å². The third-order valence-corrected chi connectivity index (χ3v) is 10.8. The first-order valence-corrected chi connectivity index (χ1v) is 15.2. The van der Waals surface area contributed by atoms with Gasteiger partial charge in [0.25, 0.3) is 16.1 Å². The maximum Gasteiger partial charge on any atom is 0.282 e. The molecule has 1 aliphatic carbocycles. The number of aromatic nitrogens is 1. The Hall–Kier alpha value is -2.34. The molecule has 1 unspecified atom stereocenters. The minimum absolute atomic E-state index is 0.0615. The molecule has 9 nitrogen and oxygen atoms in total. The molecule has 2 aromatic rings. The van der Waals surface area contributed by atoms with Gasteiger partial charge in [0.2, 0.25) is 0 Å². The summed E-state index contributed by atoms with van der Waals surface area (Å²) in [6, 6.07) is 8.22. The average molecular weight is 546 g/mol. The lowest BCUT2D eigenvalue weighted by Gasteiger charge is -2.42. The summed E-state index contributed by atoms with van der Waals surface area (Å²) in [5, 5.41) is 10.6. The standard InChI is InChI=1S/C27H36FN5O4S/c1-17(18-4-6-20(28)7-5-18)29-21-10-12-32(13-11-21)38(35,36)33-23-8-9-24(33)15-22(14-23)30-27(34)25-16-26(37-31-25)19-2-3-19/h4-7,16-17,19,21-24,29H,2-3,8-15H2,1H3,(H,30,34)/t17-,22?,23-,24+/m0/s1. The van der Waals surface area contributed by atoms with E-state index in [1.165, 1.54) is 12.1 Å². The Kier molecular flexibility index (Phi) is 7.04. The van der Waals surface area contributed by atoms with Gasteiger partial charge in [0.15, 0.2) is 5.69 Å². The van der Waals surface area contributed by atoms with Gasteiger partial charge < -0.3 is 15.2 Å². The van der Waals surface area contributed by atoms with Crippen molar-refractivity contribution in [3.63, 3.8) is 0 Å². The summed E-state index contributed by atoms with van der Waals surface area (Å²) in [5.41, 5.74) is 1.32. The fraction of sp³-hybridized carbons (Fsp3) is 0.630. The molecule has 38 heavy (non-hydrogen) atoms. The predicted molar refractivity (Wildman–Crippen MR) is 139 cm³/mol. The van der Waals surface area contributed by atoms with Crippen LogP contribution in [-0.2, 0) is 10.2 Å². The average Bonchev–Trinajstić information content (AvgIpc) is 3.55. The van der Waals surface area contributed by atoms with E-state index in [-0.39, 0.29) is 41.9 Å². The monoisotopic (exact) mass is 545 g/mol. The molecule has 4 aliphatic rings. The molecular weight excluding hydrogens is 509 g/mol. The van der Waals surface area contributed by atoms with Crippen molar-refractivity contribution in [2.24, 2.45) is 0 Å². The fourth-order valence-electron chi connectivity index (χ4n) is 6.43. The van der Waals surface area contributed by atoms with Gasteiger partial charge in [-0.3, -0.25) is 4.79 Å². The molecule has 0 spiro atoms. The van der Waals surface area contributed by atoms with Gasteiger partial charge in [-0.1, -0.05) is 17.3 Å². The highest BCUT2D eigenvalue weighted by molar-refractivity contribution is 7.86. The third kappa shape index (κ3) is 5.25. The molecule has 1 amide bonds. The highest BCUT2D eigenvalue weighted by Crippen LogP contribution is 2.41. The van der Waals surface area contributed by atoms with E-state index >= 15 is 0 Å². The van der Waals surface area contributed by atoms with Crippen molar-refractivity contribution in [1.29, 1.82) is 0 Å². The molecule has 1 saturated carbocycles. The van der Waals surface area contributed by atoms with Crippen molar-refractivity contribution >= 4 is 16.1 Å². The largest absolute Gasteiger partial charge is 0.360 e. The molecule has 3 saturated heterocycles. The van der Waals surface area contributed by atoms with Gasteiger partial charge in [-0.2, -0.15) is 17.0 Å². The van der Waals surface area contributed by atoms with Gasteiger partial charge in [-0.05, 0) is 76.0 Å². The predicted octanol–water partition coefficient (Wildman–Crippen LogP) is 3.48. The maximum absolute atomic E-state index is 13.7. The van der Waals surface area contributed by atoms with E-state index < -0.39 is 10.2 Å². The van der Waals surface area contributed by atoms with Gasteiger partial charge in [-0.25, -0.2) is 4.39 Å². The summed E-state index contributed by atoms with van der Waals surface area (Å²) >= 11 is 0. The molecule has 11 heteroatoms. The number of piperidine rings is 2. The molecule has 4 heterocycles. The SMILES string of the molecule is C[C@H](NC1CCN(S(=O)(=O)N2[C@@H]3CC[C@H]2CC(NC(=O)c2cc(C4CC4)on2)C3)CC1)c1ccc(F)cc1. The Bertz CT molecular complexity index is 1240. The van der Waals surface area contributed by atoms with E-state index in [1.54, 1.807) is 26.8 Å². The van der Waals surface area contributed by atoms with E-state index in [0.29, 0.717) is 37.5 Å². The van der Waals surface area contributed by atoms with Crippen molar-refractivity contribution in [3.8, 4) is 0 Å². The van der Waals surface area contributed by atoms with Gasteiger partial charge in [0.1, 0.15) is 11.6 Å². The Balaban J connectivity index is 1.02. The molecule has 6 rings (SSSR count). The highest BCUT2D eigenvalue weighted by Gasteiger charge is 2.49. The zero-order valence-corrected chi connectivity index (χ0v) is 22.5. The fourth-order valence-corrected chi connectivity index (χ4v) is 8.51. The maximum atomic E-state index is 13.7. The Morgan fingerprint density at radius 1 is 1.03 bits per heavy atom. The first kappa shape index (κ1) is 25.9. The van der Waals surface area contributed by atoms with E-state index in [1.807, 2.05) is 6.92 Å². The zero-order valence-electron chi connectivity index (χ0n) is 21.7. The molecule has 206 valence electrons. The van der Waals surface area contributed by atoms with Crippen molar-refractivity contribution in [2.45, 2.75) is 94.4 Å². The van der Waals surface area contributed by atoms with Crippen LogP contribution in [0.5, 0.6) is 0 Å². The lowest BCUT2D eigenvalue weighted by molar-refractivity contribution is 0.0897. The van der Waals surface area contributed by atoms with Crippen LogP contribution in [0, 0.1) is 5.82 Å². The quantitative estimate of drug-likeness (QED) is 0.526. The number of rotatable bonds is 8. The van der Waals surface area contributed by atoms with Crippen molar-refractivity contribution in [3.05, 3.63) is 53.2 Å². The molecule has 0 radical (unpaired) electrons. The van der Waals surface area contributed by atoms with Crippen LogP contribution in [0.2, 0.25) is 0 Å². The number of benzene rings is 1. The van der Waals surface area contributed by atoms with Crippen LogP contribution in [0.15, 0.2) is 34.9 Å². The van der Waals surface area contributed by atoms with Crippen molar-refractivity contribution < 1.29 is 22.1 Å². The number of nitrogens with zero attached hydrogens (tertiary/aromatic N) is 3. The van der Waals surface area contributed by atoms with E-state index in [0.717, 1.165) is 49.8 Å². The second-order valence-corrected chi connectivity index (χ2v) is 13.2. The zero-order chi connectivity index (χ0) is 26.4. The molecular formula is C27H36FN5O4S. The summed E-state index contributed by atoms with van der Waals surface area (Å²) < 4.78 is 49.3. The molecule has 2 N–H and O–H groups in total. The number of hydrogen-bond donors (Lipinski definition) is 2. The van der Waals surface area contributed by atoms with Crippen LogP contribution in [0.1, 0.15) is 92.1 Å². The minimum atomic E-state index is -3.58. The summed E-state index contributed by atoms with van der Waals surface area (Å²) in [7, 11) is -3.58. The van der Waals surface area contributed by atoms with Crippen LogP contribution in [0.25, 0.3) is 0 Å². The first-order valence-electron chi connectivity index (χ1n) is 13.9. The van der Waals surface area contributed by atoms with Crippen molar-refractivity contribution in [1.82, 2.24) is 24.4 Å². The summed E-state index contributed by atoms with van der Waals surface area (Å²) in [5.74, 6) is 0.676. The molecule has 4 fully saturated rings. The number of carbonyl (C=O) groups excluding carboxylic acids is 1. The minimum Gasteiger partial charge on any atom is -0.360 e.